The van der Waals surface area contributed by atoms with Crippen molar-refractivity contribution in [2.75, 3.05) is 0 Å². The molecule has 0 aliphatic rings. The standard InChI is InChI=1S/C7H16N2/c1-5-9-7(3,4)6(2)8/h5-6,9H,1,8H2,2-4H3/t6-/m1/s1. The van der Waals surface area contributed by atoms with Crippen LogP contribution in [-0.2, 0) is 0 Å². The van der Waals surface area contributed by atoms with E-state index in [1.165, 1.54) is 0 Å². The molecule has 0 amide bonds. The highest BCUT2D eigenvalue weighted by Gasteiger charge is 2.19. The third-order valence-corrected chi connectivity index (χ3v) is 1.61. The van der Waals surface area contributed by atoms with E-state index in [1.807, 2.05) is 20.8 Å². The number of hydrogen-bond acceptors (Lipinski definition) is 2. The molecule has 0 heterocycles. The highest BCUT2D eigenvalue weighted by atomic mass is 15.0. The van der Waals surface area contributed by atoms with Crippen LogP contribution in [0.1, 0.15) is 20.8 Å². The number of rotatable bonds is 3. The molecule has 0 saturated heterocycles. The summed E-state index contributed by atoms with van der Waals surface area (Å²) >= 11 is 0. The van der Waals surface area contributed by atoms with Crippen molar-refractivity contribution < 1.29 is 0 Å². The molecular weight excluding hydrogens is 112 g/mol. The van der Waals surface area contributed by atoms with Crippen LogP contribution in [0.3, 0.4) is 0 Å². The zero-order valence-corrected chi connectivity index (χ0v) is 6.44. The van der Waals surface area contributed by atoms with Gasteiger partial charge in [-0.2, -0.15) is 0 Å². The highest BCUT2D eigenvalue weighted by molar-refractivity contribution is 4.89. The topological polar surface area (TPSA) is 38.0 Å². The average molecular weight is 128 g/mol. The Hall–Kier alpha value is -0.500. The quantitative estimate of drug-likeness (QED) is 0.591. The summed E-state index contributed by atoms with van der Waals surface area (Å²) in [6, 6.07) is 0.135. The minimum atomic E-state index is -0.0399. The average Bonchev–Trinajstić information content (AvgIpc) is 1.65. The van der Waals surface area contributed by atoms with Gasteiger partial charge in [-0.3, -0.25) is 0 Å². The van der Waals surface area contributed by atoms with Crippen LogP contribution < -0.4 is 11.1 Å². The van der Waals surface area contributed by atoms with Crippen molar-refractivity contribution in [2.24, 2.45) is 5.73 Å². The van der Waals surface area contributed by atoms with Crippen molar-refractivity contribution in [2.45, 2.75) is 32.4 Å². The van der Waals surface area contributed by atoms with E-state index in [0.717, 1.165) is 0 Å². The lowest BCUT2D eigenvalue weighted by atomic mass is 9.97. The van der Waals surface area contributed by atoms with Gasteiger partial charge in [-0.1, -0.05) is 6.58 Å². The fourth-order valence-corrected chi connectivity index (χ4v) is 0.394. The van der Waals surface area contributed by atoms with E-state index in [4.69, 9.17) is 5.73 Å². The summed E-state index contributed by atoms with van der Waals surface area (Å²) in [5.41, 5.74) is 5.61. The lowest BCUT2D eigenvalue weighted by Gasteiger charge is -2.29. The molecule has 0 radical (unpaired) electrons. The summed E-state index contributed by atoms with van der Waals surface area (Å²) in [7, 11) is 0. The second-order valence-electron chi connectivity index (χ2n) is 2.86. The highest BCUT2D eigenvalue weighted by Crippen LogP contribution is 2.04. The summed E-state index contributed by atoms with van der Waals surface area (Å²) < 4.78 is 0. The molecule has 0 spiro atoms. The lowest BCUT2D eigenvalue weighted by Crippen LogP contribution is -2.50. The van der Waals surface area contributed by atoms with Gasteiger partial charge in [0.05, 0.1) is 0 Å². The summed E-state index contributed by atoms with van der Waals surface area (Å²) in [6.45, 7) is 9.61. The zero-order chi connectivity index (χ0) is 7.49. The van der Waals surface area contributed by atoms with Crippen molar-refractivity contribution in [3.05, 3.63) is 12.8 Å². The Labute approximate surface area is 57.1 Å². The van der Waals surface area contributed by atoms with Gasteiger partial charge in [0.15, 0.2) is 0 Å². The van der Waals surface area contributed by atoms with Gasteiger partial charge >= 0.3 is 0 Å². The molecule has 0 unspecified atom stereocenters. The molecule has 1 atom stereocenters. The van der Waals surface area contributed by atoms with Crippen molar-refractivity contribution in [1.82, 2.24) is 5.32 Å². The Morgan fingerprint density at radius 1 is 1.67 bits per heavy atom. The Morgan fingerprint density at radius 2 is 2.11 bits per heavy atom. The molecule has 3 N–H and O–H groups in total. The van der Waals surface area contributed by atoms with Crippen LogP contribution >= 0.6 is 0 Å². The number of nitrogens with two attached hydrogens (primary N) is 1. The lowest BCUT2D eigenvalue weighted by molar-refractivity contribution is 0.374. The molecule has 0 saturated carbocycles. The van der Waals surface area contributed by atoms with E-state index in [9.17, 15) is 0 Å². The van der Waals surface area contributed by atoms with Crippen LogP contribution in [-0.4, -0.2) is 11.6 Å². The SMILES string of the molecule is C=CNC(C)(C)[C@@H](C)N. The van der Waals surface area contributed by atoms with E-state index in [0.29, 0.717) is 0 Å². The fraction of sp³-hybridized carbons (Fsp3) is 0.714. The van der Waals surface area contributed by atoms with Crippen LogP contribution in [0.25, 0.3) is 0 Å². The maximum atomic E-state index is 5.65. The van der Waals surface area contributed by atoms with Gasteiger partial charge in [0, 0.05) is 11.6 Å². The fourth-order valence-electron chi connectivity index (χ4n) is 0.394. The first-order valence-corrected chi connectivity index (χ1v) is 3.15. The van der Waals surface area contributed by atoms with Gasteiger partial charge in [0.25, 0.3) is 0 Å². The summed E-state index contributed by atoms with van der Waals surface area (Å²) in [4.78, 5) is 0. The second-order valence-corrected chi connectivity index (χ2v) is 2.86. The molecule has 9 heavy (non-hydrogen) atoms. The largest absolute Gasteiger partial charge is 0.385 e. The maximum absolute atomic E-state index is 5.65. The first-order chi connectivity index (χ1) is 4.00. The van der Waals surface area contributed by atoms with Crippen LogP contribution in [0.5, 0.6) is 0 Å². The van der Waals surface area contributed by atoms with Crippen molar-refractivity contribution in [3.63, 3.8) is 0 Å². The molecule has 0 aliphatic carbocycles. The van der Waals surface area contributed by atoms with Gasteiger partial charge in [0.2, 0.25) is 0 Å². The summed E-state index contributed by atoms with van der Waals surface area (Å²) in [6.07, 6.45) is 1.67. The molecule has 0 bridgehead atoms. The van der Waals surface area contributed by atoms with Gasteiger partial charge in [-0.25, -0.2) is 0 Å². The third kappa shape index (κ3) is 2.51. The molecule has 0 aromatic heterocycles. The second kappa shape index (κ2) is 2.87. The van der Waals surface area contributed by atoms with E-state index >= 15 is 0 Å². The van der Waals surface area contributed by atoms with Crippen molar-refractivity contribution >= 4 is 0 Å². The first-order valence-electron chi connectivity index (χ1n) is 3.15. The predicted molar refractivity (Wildman–Crippen MR) is 41.1 cm³/mol. The Balaban J connectivity index is 3.84. The molecule has 2 heteroatoms. The molecule has 0 rings (SSSR count). The van der Waals surface area contributed by atoms with E-state index < -0.39 is 0 Å². The predicted octanol–water partition coefficient (Wildman–Crippen LogP) is 0.845. The van der Waals surface area contributed by atoms with E-state index in [-0.39, 0.29) is 11.6 Å². The Bertz CT molecular complexity index is 95.1. The first kappa shape index (κ1) is 8.50. The number of nitrogens with one attached hydrogen (secondary N) is 1. The van der Waals surface area contributed by atoms with Gasteiger partial charge in [-0.05, 0) is 27.0 Å². The molecule has 0 aromatic carbocycles. The molecule has 0 fully saturated rings. The van der Waals surface area contributed by atoms with E-state index in [2.05, 4.69) is 11.9 Å². The molecule has 2 nitrogen and oxygen atoms in total. The molecule has 0 aromatic rings. The molecule has 54 valence electrons. The van der Waals surface area contributed by atoms with E-state index in [1.54, 1.807) is 6.20 Å². The van der Waals surface area contributed by atoms with Crippen LogP contribution in [0.4, 0.5) is 0 Å². The summed E-state index contributed by atoms with van der Waals surface area (Å²) in [5, 5.41) is 3.06. The smallest absolute Gasteiger partial charge is 0.0459 e. The minimum absolute atomic E-state index is 0.0399. The van der Waals surface area contributed by atoms with Crippen LogP contribution in [0, 0.1) is 0 Å². The van der Waals surface area contributed by atoms with Gasteiger partial charge in [0.1, 0.15) is 0 Å². The van der Waals surface area contributed by atoms with Crippen molar-refractivity contribution in [1.29, 1.82) is 0 Å². The molecular formula is C7H16N2. The Morgan fingerprint density at radius 3 is 2.22 bits per heavy atom. The normalized spacial score (nSPS) is 14.7. The maximum Gasteiger partial charge on any atom is 0.0459 e. The van der Waals surface area contributed by atoms with Crippen molar-refractivity contribution in [3.8, 4) is 0 Å². The number of hydrogen-bond donors (Lipinski definition) is 2. The zero-order valence-electron chi connectivity index (χ0n) is 6.44. The van der Waals surface area contributed by atoms with Crippen LogP contribution in [0.15, 0.2) is 12.8 Å². The van der Waals surface area contributed by atoms with Gasteiger partial charge in [-0.15, -0.1) is 0 Å². The minimum Gasteiger partial charge on any atom is -0.385 e. The Kier molecular flexibility index (Phi) is 2.71. The third-order valence-electron chi connectivity index (χ3n) is 1.61. The monoisotopic (exact) mass is 128 g/mol. The van der Waals surface area contributed by atoms with Crippen LogP contribution in [0.2, 0.25) is 0 Å². The molecule has 0 aliphatic heterocycles. The van der Waals surface area contributed by atoms with Gasteiger partial charge < -0.3 is 11.1 Å². The summed E-state index contributed by atoms with van der Waals surface area (Å²) in [5.74, 6) is 0.